The van der Waals surface area contributed by atoms with E-state index in [0.717, 1.165) is 12.1 Å². The summed E-state index contributed by atoms with van der Waals surface area (Å²) < 4.78 is 0. The maximum absolute atomic E-state index is 2.63. The summed E-state index contributed by atoms with van der Waals surface area (Å²) >= 11 is 0. The molecule has 1 heterocycles. The minimum atomic E-state index is 0.885. The number of nitrogens with zero attached hydrogens (tertiary/aromatic N) is 2. The van der Waals surface area contributed by atoms with Gasteiger partial charge in [0.15, 0.2) is 0 Å². The molecular weight excluding hydrogens is 160 g/mol. The molecule has 0 unspecified atom stereocenters. The fourth-order valence-electron chi connectivity index (χ4n) is 2.42. The van der Waals surface area contributed by atoms with Crippen LogP contribution in [0, 0.1) is 0 Å². The quantitative estimate of drug-likeness (QED) is 0.653. The first-order chi connectivity index (χ1) is 6.31. The van der Waals surface area contributed by atoms with Gasteiger partial charge >= 0.3 is 0 Å². The Bertz CT molecular complexity index is 157. The maximum Gasteiger partial charge on any atom is 0.0119 e. The van der Waals surface area contributed by atoms with Crippen molar-refractivity contribution in [3.05, 3.63) is 0 Å². The average molecular weight is 182 g/mol. The largest absolute Gasteiger partial charge is 0.303 e. The number of hydrogen-bond donors (Lipinski definition) is 0. The van der Waals surface area contributed by atoms with Crippen LogP contribution in [0.5, 0.6) is 0 Å². The molecule has 0 spiro atoms. The zero-order chi connectivity index (χ0) is 9.26. The van der Waals surface area contributed by atoms with Crippen molar-refractivity contribution in [1.82, 2.24) is 9.80 Å². The molecule has 2 rings (SSSR count). The van der Waals surface area contributed by atoms with Crippen molar-refractivity contribution in [2.45, 2.75) is 44.7 Å². The second-order valence-corrected chi connectivity index (χ2v) is 4.56. The molecule has 1 saturated carbocycles. The van der Waals surface area contributed by atoms with Gasteiger partial charge in [0.25, 0.3) is 0 Å². The van der Waals surface area contributed by atoms with Gasteiger partial charge in [-0.2, -0.15) is 0 Å². The molecule has 13 heavy (non-hydrogen) atoms. The van der Waals surface area contributed by atoms with Crippen LogP contribution in [0.2, 0.25) is 0 Å². The lowest BCUT2D eigenvalue weighted by molar-refractivity contribution is 0.126. The van der Waals surface area contributed by atoms with Gasteiger partial charge in [0.1, 0.15) is 0 Å². The molecule has 2 fully saturated rings. The van der Waals surface area contributed by atoms with E-state index in [2.05, 4.69) is 23.8 Å². The van der Waals surface area contributed by atoms with Crippen LogP contribution in [-0.4, -0.2) is 48.6 Å². The van der Waals surface area contributed by atoms with Gasteiger partial charge in [0.05, 0.1) is 0 Å². The molecule has 1 aliphatic heterocycles. The van der Waals surface area contributed by atoms with Crippen molar-refractivity contribution in [1.29, 1.82) is 0 Å². The highest BCUT2D eigenvalue weighted by Crippen LogP contribution is 2.29. The van der Waals surface area contributed by atoms with Crippen LogP contribution in [0.1, 0.15) is 32.6 Å². The van der Waals surface area contributed by atoms with Crippen molar-refractivity contribution < 1.29 is 0 Å². The highest BCUT2D eigenvalue weighted by Gasteiger charge is 2.32. The van der Waals surface area contributed by atoms with Crippen LogP contribution in [0.25, 0.3) is 0 Å². The van der Waals surface area contributed by atoms with Gasteiger partial charge in [-0.1, -0.05) is 6.92 Å². The molecule has 0 aromatic rings. The van der Waals surface area contributed by atoms with E-state index in [1.165, 1.54) is 45.3 Å². The second-order valence-electron chi connectivity index (χ2n) is 4.56. The summed E-state index contributed by atoms with van der Waals surface area (Å²) in [5.74, 6) is 0. The zero-order valence-electron chi connectivity index (χ0n) is 9.00. The first-order valence-electron chi connectivity index (χ1n) is 5.75. The van der Waals surface area contributed by atoms with Gasteiger partial charge in [-0.25, -0.2) is 0 Å². The van der Waals surface area contributed by atoms with E-state index in [-0.39, 0.29) is 0 Å². The van der Waals surface area contributed by atoms with Crippen LogP contribution in [0.4, 0.5) is 0 Å². The Kier molecular flexibility index (Phi) is 2.89. The predicted octanol–water partition coefficient (Wildman–Crippen LogP) is 1.56. The molecule has 2 nitrogen and oxygen atoms in total. The molecule has 0 N–H and O–H groups in total. The van der Waals surface area contributed by atoms with E-state index in [0.29, 0.717) is 0 Å². The lowest BCUT2D eigenvalue weighted by atomic mass is 10.0. The van der Waals surface area contributed by atoms with E-state index in [1.807, 2.05) is 0 Å². The smallest absolute Gasteiger partial charge is 0.0119 e. The average Bonchev–Trinajstić information content (AvgIpc) is 3.00. The highest BCUT2D eigenvalue weighted by molar-refractivity contribution is 4.88. The summed E-state index contributed by atoms with van der Waals surface area (Å²) in [7, 11) is 2.32. The third kappa shape index (κ3) is 2.23. The zero-order valence-corrected chi connectivity index (χ0v) is 9.00. The standard InChI is InChI=1S/C11H22N2/c1-3-13-8-6-11(7-9-13)12(2)10-4-5-10/h10-11H,3-9H2,1-2H3. The molecule has 0 amide bonds. The van der Waals surface area contributed by atoms with Gasteiger partial charge in [-0.15, -0.1) is 0 Å². The fraction of sp³-hybridized carbons (Fsp3) is 1.00. The molecular formula is C11H22N2. The van der Waals surface area contributed by atoms with E-state index in [4.69, 9.17) is 0 Å². The number of rotatable bonds is 3. The van der Waals surface area contributed by atoms with Gasteiger partial charge in [0.2, 0.25) is 0 Å². The Morgan fingerprint density at radius 1 is 1.08 bits per heavy atom. The predicted molar refractivity (Wildman–Crippen MR) is 55.9 cm³/mol. The van der Waals surface area contributed by atoms with E-state index in [9.17, 15) is 0 Å². The van der Waals surface area contributed by atoms with E-state index < -0.39 is 0 Å². The van der Waals surface area contributed by atoms with Gasteiger partial charge in [-0.3, -0.25) is 0 Å². The number of hydrogen-bond acceptors (Lipinski definition) is 2. The number of likely N-dealkylation sites (tertiary alicyclic amines) is 1. The van der Waals surface area contributed by atoms with Crippen LogP contribution < -0.4 is 0 Å². The van der Waals surface area contributed by atoms with E-state index >= 15 is 0 Å². The third-order valence-corrected chi connectivity index (χ3v) is 3.70. The summed E-state index contributed by atoms with van der Waals surface area (Å²) in [6.07, 6.45) is 5.68. The van der Waals surface area contributed by atoms with Crippen molar-refractivity contribution in [2.24, 2.45) is 0 Å². The molecule has 76 valence electrons. The van der Waals surface area contributed by atoms with Crippen molar-refractivity contribution in [2.75, 3.05) is 26.7 Å². The molecule has 0 aromatic heterocycles. The summed E-state index contributed by atoms with van der Waals surface area (Å²) in [6, 6.07) is 1.83. The molecule has 2 heteroatoms. The summed E-state index contributed by atoms with van der Waals surface area (Å²) in [6.45, 7) is 6.14. The normalized spacial score (nSPS) is 27.0. The fourth-order valence-corrected chi connectivity index (χ4v) is 2.42. The number of piperidine rings is 1. The Labute approximate surface area is 81.9 Å². The Balaban J connectivity index is 1.76. The second kappa shape index (κ2) is 3.97. The minimum absolute atomic E-state index is 0.885. The molecule has 0 aromatic carbocycles. The Morgan fingerprint density at radius 2 is 1.62 bits per heavy atom. The minimum Gasteiger partial charge on any atom is -0.303 e. The third-order valence-electron chi connectivity index (χ3n) is 3.70. The van der Waals surface area contributed by atoms with Crippen molar-refractivity contribution in [3.8, 4) is 0 Å². The molecule has 0 atom stereocenters. The first-order valence-corrected chi connectivity index (χ1v) is 5.75. The summed E-state index contributed by atoms with van der Waals surface area (Å²) in [5, 5.41) is 0. The van der Waals surface area contributed by atoms with Crippen LogP contribution in [0.3, 0.4) is 0 Å². The first kappa shape index (κ1) is 9.47. The lowest BCUT2D eigenvalue weighted by Gasteiger charge is -2.36. The Hall–Kier alpha value is -0.0800. The monoisotopic (exact) mass is 182 g/mol. The highest BCUT2D eigenvalue weighted by atomic mass is 15.2. The SMILES string of the molecule is CCN1CCC(N(C)C2CC2)CC1. The molecule has 0 radical (unpaired) electrons. The van der Waals surface area contributed by atoms with E-state index in [1.54, 1.807) is 0 Å². The van der Waals surface area contributed by atoms with Crippen LogP contribution in [0.15, 0.2) is 0 Å². The lowest BCUT2D eigenvalue weighted by Crippen LogP contribution is -2.43. The van der Waals surface area contributed by atoms with Crippen molar-refractivity contribution in [3.63, 3.8) is 0 Å². The molecule has 1 aliphatic carbocycles. The topological polar surface area (TPSA) is 6.48 Å². The summed E-state index contributed by atoms with van der Waals surface area (Å²) in [4.78, 5) is 5.20. The van der Waals surface area contributed by atoms with Crippen LogP contribution >= 0.6 is 0 Å². The van der Waals surface area contributed by atoms with Crippen molar-refractivity contribution >= 4 is 0 Å². The molecule has 1 saturated heterocycles. The van der Waals surface area contributed by atoms with Gasteiger partial charge < -0.3 is 9.80 Å². The summed E-state index contributed by atoms with van der Waals surface area (Å²) in [5.41, 5.74) is 0. The molecule has 2 aliphatic rings. The van der Waals surface area contributed by atoms with Gasteiger partial charge in [-0.05, 0) is 52.4 Å². The molecule has 0 bridgehead atoms. The Morgan fingerprint density at radius 3 is 2.08 bits per heavy atom. The van der Waals surface area contributed by atoms with Crippen LogP contribution in [-0.2, 0) is 0 Å². The van der Waals surface area contributed by atoms with Gasteiger partial charge in [0, 0.05) is 12.1 Å². The maximum atomic E-state index is 2.63.